The van der Waals surface area contributed by atoms with Crippen LogP contribution in [-0.4, -0.2) is 49.8 Å². The molecule has 4 nitrogen and oxygen atoms in total. The molecule has 2 saturated heterocycles. The van der Waals surface area contributed by atoms with Crippen LogP contribution in [0.15, 0.2) is 16.3 Å². The minimum atomic E-state index is -3.32. The zero-order chi connectivity index (χ0) is 13.5. The molecule has 0 aliphatic carbocycles. The second kappa shape index (κ2) is 5.33. The summed E-state index contributed by atoms with van der Waals surface area (Å²) in [5.74, 6) is 0.372. The van der Waals surface area contributed by atoms with Gasteiger partial charge in [0.2, 0.25) is 0 Å². The monoisotopic (exact) mass is 320 g/mol. The highest BCUT2D eigenvalue weighted by Gasteiger charge is 2.36. The van der Waals surface area contributed by atoms with Crippen LogP contribution in [0.5, 0.6) is 0 Å². The Balaban J connectivity index is 1.80. The molecule has 1 unspecified atom stereocenters. The fourth-order valence-corrected chi connectivity index (χ4v) is 5.96. The maximum Gasteiger partial charge on any atom is 0.252 e. The fourth-order valence-electron chi connectivity index (χ4n) is 2.88. The number of thiophene rings is 1. The minimum absolute atomic E-state index is 0.372. The number of fused-ring (bicyclic) bond motifs is 1. The summed E-state index contributed by atoms with van der Waals surface area (Å²) in [5, 5.41) is 0. The fraction of sp³-hybridized carbons (Fsp3) is 0.667. The lowest BCUT2D eigenvalue weighted by atomic mass is 10.2. The highest BCUT2D eigenvalue weighted by atomic mass is 35.5. The molecule has 19 heavy (non-hydrogen) atoms. The molecule has 0 aromatic carbocycles. The van der Waals surface area contributed by atoms with Crippen molar-refractivity contribution in [2.45, 2.75) is 29.0 Å². The highest BCUT2D eigenvalue weighted by Crippen LogP contribution is 2.29. The summed E-state index contributed by atoms with van der Waals surface area (Å²) in [6.07, 6.45) is 2.30. The molecule has 2 fully saturated rings. The molecule has 0 bridgehead atoms. The van der Waals surface area contributed by atoms with Crippen molar-refractivity contribution in [3.05, 3.63) is 17.0 Å². The van der Waals surface area contributed by atoms with Gasteiger partial charge in [0.1, 0.15) is 4.21 Å². The molecule has 0 N–H and O–H groups in total. The maximum atomic E-state index is 12.6. The Morgan fingerprint density at radius 1 is 1.32 bits per heavy atom. The molecule has 1 aromatic rings. The van der Waals surface area contributed by atoms with Gasteiger partial charge in [0, 0.05) is 30.6 Å². The second-order valence-electron chi connectivity index (χ2n) is 5.05. The first kappa shape index (κ1) is 13.8. The molecular formula is C12H17ClN2O2S2. The first-order valence-electron chi connectivity index (χ1n) is 6.50. The Bertz CT molecular complexity index is 558. The van der Waals surface area contributed by atoms with E-state index >= 15 is 0 Å². The predicted octanol–water partition coefficient (Wildman–Crippen LogP) is 1.96. The van der Waals surface area contributed by atoms with E-state index in [0.29, 0.717) is 29.2 Å². The van der Waals surface area contributed by atoms with Gasteiger partial charge in [-0.25, -0.2) is 8.42 Å². The molecule has 106 valence electrons. The molecule has 2 aliphatic heterocycles. The molecule has 3 rings (SSSR count). The third-order valence-electron chi connectivity index (χ3n) is 3.91. The second-order valence-corrected chi connectivity index (χ2v) is 8.65. The Labute approximate surface area is 123 Å². The summed E-state index contributed by atoms with van der Waals surface area (Å²) in [6, 6.07) is 3.89. The third-order valence-corrected chi connectivity index (χ3v) is 7.78. The maximum absolute atomic E-state index is 12.6. The van der Waals surface area contributed by atoms with Crippen molar-refractivity contribution in [3.8, 4) is 0 Å². The summed E-state index contributed by atoms with van der Waals surface area (Å²) >= 11 is 7.03. The Hall–Kier alpha value is -0.140. The van der Waals surface area contributed by atoms with Crippen LogP contribution in [0.25, 0.3) is 0 Å². The smallest absolute Gasteiger partial charge is 0.252 e. The quantitative estimate of drug-likeness (QED) is 0.799. The van der Waals surface area contributed by atoms with Crippen molar-refractivity contribution < 1.29 is 8.42 Å². The van der Waals surface area contributed by atoms with Crippen LogP contribution in [0.3, 0.4) is 0 Å². The summed E-state index contributed by atoms with van der Waals surface area (Å²) < 4.78 is 27.2. The van der Waals surface area contributed by atoms with Gasteiger partial charge < -0.3 is 0 Å². The van der Waals surface area contributed by atoms with Crippen LogP contribution in [0.1, 0.15) is 17.7 Å². The summed E-state index contributed by atoms with van der Waals surface area (Å²) in [5.41, 5.74) is 0. The summed E-state index contributed by atoms with van der Waals surface area (Å²) in [7, 11) is -3.32. The lowest BCUT2D eigenvalue weighted by Gasteiger charge is -2.36. The number of hydrogen-bond acceptors (Lipinski definition) is 4. The molecular weight excluding hydrogens is 304 g/mol. The van der Waals surface area contributed by atoms with Crippen LogP contribution in [-0.2, 0) is 15.9 Å². The molecule has 1 aromatic heterocycles. The zero-order valence-electron chi connectivity index (χ0n) is 10.6. The number of rotatable bonds is 3. The van der Waals surface area contributed by atoms with Crippen molar-refractivity contribution in [1.82, 2.24) is 9.21 Å². The molecule has 0 radical (unpaired) electrons. The van der Waals surface area contributed by atoms with Crippen molar-refractivity contribution >= 4 is 33.0 Å². The Morgan fingerprint density at radius 2 is 2.16 bits per heavy atom. The van der Waals surface area contributed by atoms with Crippen molar-refractivity contribution in [2.24, 2.45) is 0 Å². The van der Waals surface area contributed by atoms with Crippen molar-refractivity contribution in [3.63, 3.8) is 0 Å². The van der Waals surface area contributed by atoms with E-state index in [0.717, 1.165) is 24.4 Å². The van der Waals surface area contributed by atoms with E-state index in [9.17, 15) is 8.42 Å². The number of hydrogen-bond donors (Lipinski definition) is 0. The van der Waals surface area contributed by atoms with Crippen molar-refractivity contribution in [1.29, 1.82) is 0 Å². The molecule has 7 heteroatoms. The van der Waals surface area contributed by atoms with Gasteiger partial charge >= 0.3 is 0 Å². The van der Waals surface area contributed by atoms with Crippen LogP contribution in [0.2, 0.25) is 0 Å². The Kier molecular flexibility index (Phi) is 3.88. The number of piperazine rings is 1. The molecule has 1 atom stereocenters. The zero-order valence-corrected chi connectivity index (χ0v) is 13.0. The summed E-state index contributed by atoms with van der Waals surface area (Å²) in [6.45, 7) is 3.22. The normalized spacial score (nSPS) is 25.6. The van der Waals surface area contributed by atoms with Gasteiger partial charge in [0.15, 0.2) is 0 Å². The average molecular weight is 321 g/mol. The van der Waals surface area contributed by atoms with Gasteiger partial charge in [-0.1, -0.05) is 0 Å². The molecule has 0 spiro atoms. The summed E-state index contributed by atoms with van der Waals surface area (Å²) in [4.78, 5) is 3.31. The van der Waals surface area contributed by atoms with Gasteiger partial charge in [-0.15, -0.1) is 22.9 Å². The number of halogens is 1. The van der Waals surface area contributed by atoms with E-state index in [1.165, 1.54) is 17.8 Å². The van der Waals surface area contributed by atoms with Crippen LogP contribution < -0.4 is 0 Å². The van der Waals surface area contributed by atoms with E-state index in [2.05, 4.69) is 4.90 Å². The predicted molar refractivity (Wildman–Crippen MR) is 77.2 cm³/mol. The Morgan fingerprint density at radius 3 is 2.89 bits per heavy atom. The average Bonchev–Trinajstić information content (AvgIpc) is 3.06. The topological polar surface area (TPSA) is 40.6 Å². The SMILES string of the molecule is O=S(=O)(c1ccc(CCl)s1)N1CCN2CCCC2C1. The number of sulfonamides is 1. The highest BCUT2D eigenvalue weighted by molar-refractivity contribution is 7.91. The van der Waals surface area contributed by atoms with Crippen LogP contribution >= 0.6 is 22.9 Å². The van der Waals surface area contributed by atoms with E-state index in [1.807, 2.05) is 0 Å². The molecule has 0 saturated carbocycles. The van der Waals surface area contributed by atoms with Gasteiger partial charge in [-0.2, -0.15) is 4.31 Å². The lowest BCUT2D eigenvalue weighted by Crippen LogP contribution is -2.51. The number of alkyl halides is 1. The van der Waals surface area contributed by atoms with E-state index in [4.69, 9.17) is 11.6 Å². The van der Waals surface area contributed by atoms with Gasteiger partial charge in [0.25, 0.3) is 10.0 Å². The first-order valence-corrected chi connectivity index (χ1v) is 9.29. The minimum Gasteiger partial charge on any atom is -0.298 e. The largest absolute Gasteiger partial charge is 0.298 e. The van der Waals surface area contributed by atoms with Crippen molar-refractivity contribution in [2.75, 3.05) is 26.2 Å². The van der Waals surface area contributed by atoms with E-state index in [-0.39, 0.29) is 0 Å². The molecule has 2 aliphatic rings. The standard InChI is InChI=1S/C12H17ClN2O2S2/c13-8-11-3-4-12(18-11)19(16,17)15-7-6-14-5-1-2-10(14)9-15/h3-4,10H,1-2,5-9H2. The van der Waals surface area contributed by atoms with Gasteiger partial charge in [0.05, 0.1) is 5.88 Å². The number of nitrogens with zero attached hydrogens (tertiary/aromatic N) is 2. The third kappa shape index (κ3) is 2.56. The first-order chi connectivity index (χ1) is 9.11. The van der Waals surface area contributed by atoms with E-state index in [1.54, 1.807) is 16.4 Å². The molecule has 0 amide bonds. The van der Waals surface area contributed by atoms with Crippen LogP contribution in [0.4, 0.5) is 0 Å². The van der Waals surface area contributed by atoms with E-state index < -0.39 is 10.0 Å². The lowest BCUT2D eigenvalue weighted by molar-refractivity contribution is 0.158. The van der Waals surface area contributed by atoms with Gasteiger partial charge in [-0.05, 0) is 31.5 Å². The van der Waals surface area contributed by atoms with Gasteiger partial charge in [-0.3, -0.25) is 4.90 Å². The van der Waals surface area contributed by atoms with Crippen LogP contribution in [0, 0.1) is 0 Å². The molecule has 3 heterocycles.